The fourth-order valence-corrected chi connectivity index (χ4v) is 1.68. The number of hydrogen-bond donors (Lipinski definition) is 1. The van der Waals surface area contributed by atoms with Crippen LogP contribution in [0.4, 0.5) is 0 Å². The molecule has 1 saturated heterocycles. The van der Waals surface area contributed by atoms with E-state index >= 15 is 0 Å². The highest BCUT2D eigenvalue weighted by Crippen LogP contribution is 2.29. The van der Waals surface area contributed by atoms with E-state index in [1.807, 2.05) is 0 Å². The minimum Gasteiger partial charge on any atom is -0.316 e. The van der Waals surface area contributed by atoms with E-state index in [1.54, 1.807) is 0 Å². The van der Waals surface area contributed by atoms with Crippen LogP contribution in [0.25, 0.3) is 0 Å². The zero-order valence-electron chi connectivity index (χ0n) is 6.70. The molecule has 0 amide bonds. The molecule has 0 aromatic heterocycles. The molecule has 1 heterocycles. The third-order valence-electron chi connectivity index (χ3n) is 2.00. The smallest absolute Gasteiger partial charge is 0.00177 e. The molecule has 1 N–H and O–H groups in total. The van der Waals surface area contributed by atoms with Crippen LogP contribution in [-0.2, 0) is 0 Å². The van der Waals surface area contributed by atoms with Crippen molar-refractivity contribution < 1.29 is 0 Å². The molecule has 1 heteroatoms. The molecule has 9 heavy (non-hydrogen) atoms. The summed E-state index contributed by atoms with van der Waals surface area (Å²) in [4.78, 5) is 0. The lowest BCUT2D eigenvalue weighted by atomic mass is 9.77. The van der Waals surface area contributed by atoms with Gasteiger partial charge in [-0.3, -0.25) is 0 Å². The van der Waals surface area contributed by atoms with Crippen molar-refractivity contribution in [3.63, 3.8) is 0 Å². The van der Waals surface area contributed by atoms with Gasteiger partial charge in [-0.25, -0.2) is 0 Å². The van der Waals surface area contributed by atoms with Crippen molar-refractivity contribution in [3.05, 3.63) is 0 Å². The maximum atomic E-state index is 3.31. The number of hydrogen-bond acceptors (Lipinski definition) is 1. The fourth-order valence-electron chi connectivity index (χ4n) is 1.68. The van der Waals surface area contributed by atoms with Crippen molar-refractivity contribution in [3.8, 4) is 0 Å². The summed E-state index contributed by atoms with van der Waals surface area (Å²) in [6.07, 6.45) is 1.38. The first kappa shape index (κ1) is 7.07. The van der Waals surface area contributed by atoms with Gasteiger partial charge in [0.25, 0.3) is 0 Å². The van der Waals surface area contributed by atoms with Crippen LogP contribution in [0.15, 0.2) is 0 Å². The molecular weight excluding hydrogens is 110 g/mol. The van der Waals surface area contributed by atoms with Gasteiger partial charge in [-0.2, -0.15) is 0 Å². The molecule has 0 saturated carbocycles. The third kappa shape index (κ3) is 1.68. The molecule has 1 aliphatic heterocycles. The van der Waals surface area contributed by atoms with Gasteiger partial charge in [0.05, 0.1) is 0 Å². The van der Waals surface area contributed by atoms with E-state index in [-0.39, 0.29) is 0 Å². The van der Waals surface area contributed by atoms with Crippen molar-refractivity contribution in [2.45, 2.75) is 27.2 Å². The average molecular weight is 127 g/mol. The van der Waals surface area contributed by atoms with Crippen molar-refractivity contribution >= 4 is 0 Å². The maximum Gasteiger partial charge on any atom is 0.00177 e. The molecule has 0 aromatic carbocycles. The summed E-state index contributed by atoms with van der Waals surface area (Å²) in [6.45, 7) is 9.41. The quantitative estimate of drug-likeness (QED) is 0.594. The summed E-state index contributed by atoms with van der Waals surface area (Å²) >= 11 is 0. The normalized spacial score (nSPS) is 24.0. The summed E-state index contributed by atoms with van der Waals surface area (Å²) in [5.41, 5.74) is 0.633. The highest BCUT2D eigenvalue weighted by Gasteiger charge is 2.31. The predicted octanol–water partition coefficient (Wildman–Crippen LogP) is 1.64. The highest BCUT2D eigenvalue weighted by molar-refractivity contribution is 4.88. The molecular formula is C8H17N. The van der Waals surface area contributed by atoms with Crippen LogP contribution >= 0.6 is 0 Å². The minimum absolute atomic E-state index is 0.633. The van der Waals surface area contributed by atoms with Gasteiger partial charge in [-0.15, -0.1) is 0 Å². The summed E-state index contributed by atoms with van der Waals surface area (Å²) in [5.74, 6) is 0.858. The predicted molar refractivity (Wildman–Crippen MR) is 40.4 cm³/mol. The van der Waals surface area contributed by atoms with E-state index in [0.717, 1.165) is 5.92 Å². The van der Waals surface area contributed by atoms with Gasteiger partial charge in [0.2, 0.25) is 0 Å². The van der Waals surface area contributed by atoms with Gasteiger partial charge in [0.1, 0.15) is 0 Å². The van der Waals surface area contributed by atoms with Crippen molar-refractivity contribution in [2.75, 3.05) is 13.1 Å². The molecule has 0 spiro atoms. The maximum absolute atomic E-state index is 3.31. The largest absolute Gasteiger partial charge is 0.316 e. The van der Waals surface area contributed by atoms with E-state index in [2.05, 4.69) is 26.1 Å². The van der Waals surface area contributed by atoms with Gasteiger partial charge in [-0.05, 0) is 17.8 Å². The van der Waals surface area contributed by atoms with Crippen molar-refractivity contribution in [1.82, 2.24) is 5.32 Å². The number of nitrogens with one attached hydrogen (secondary N) is 1. The van der Waals surface area contributed by atoms with Gasteiger partial charge in [0.15, 0.2) is 0 Å². The summed E-state index contributed by atoms with van der Waals surface area (Å²) in [5, 5.41) is 3.31. The Balaban J connectivity index is 2.24. The van der Waals surface area contributed by atoms with E-state index in [1.165, 1.54) is 19.5 Å². The fraction of sp³-hybridized carbons (Fsp3) is 1.00. The molecule has 0 bridgehead atoms. The monoisotopic (exact) mass is 127 g/mol. The van der Waals surface area contributed by atoms with Crippen molar-refractivity contribution in [2.24, 2.45) is 11.3 Å². The first-order valence-electron chi connectivity index (χ1n) is 3.83. The Morgan fingerprint density at radius 2 is 2.00 bits per heavy atom. The van der Waals surface area contributed by atoms with Crippen LogP contribution in [0, 0.1) is 11.3 Å². The van der Waals surface area contributed by atoms with E-state index in [0.29, 0.717) is 5.41 Å². The van der Waals surface area contributed by atoms with Crippen LogP contribution in [0.3, 0.4) is 0 Å². The standard InChI is InChI=1S/C8H17N/c1-7(2)4-8(3)5-9-6-8/h7,9H,4-6H2,1-3H3. The average Bonchev–Trinajstić information content (AvgIpc) is 1.60. The van der Waals surface area contributed by atoms with Gasteiger partial charge in [0, 0.05) is 13.1 Å². The Hall–Kier alpha value is -0.0400. The van der Waals surface area contributed by atoms with Crippen LogP contribution in [0.2, 0.25) is 0 Å². The van der Waals surface area contributed by atoms with Crippen LogP contribution < -0.4 is 5.32 Å². The number of rotatable bonds is 2. The second-order valence-electron chi connectivity index (χ2n) is 4.01. The second-order valence-corrected chi connectivity index (χ2v) is 4.01. The van der Waals surface area contributed by atoms with Crippen LogP contribution in [0.5, 0.6) is 0 Å². The molecule has 0 unspecified atom stereocenters. The summed E-state index contributed by atoms with van der Waals surface area (Å²) in [6, 6.07) is 0. The zero-order valence-corrected chi connectivity index (χ0v) is 6.70. The van der Waals surface area contributed by atoms with Crippen molar-refractivity contribution in [1.29, 1.82) is 0 Å². The van der Waals surface area contributed by atoms with E-state index in [9.17, 15) is 0 Å². The first-order valence-corrected chi connectivity index (χ1v) is 3.83. The summed E-state index contributed by atoms with van der Waals surface area (Å²) < 4.78 is 0. The van der Waals surface area contributed by atoms with Crippen LogP contribution in [0.1, 0.15) is 27.2 Å². The SMILES string of the molecule is CC(C)CC1(C)CNC1. The first-order chi connectivity index (χ1) is 4.12. The molecule has 0 radical (unpaired) electrons. The lowest BCUT2D eigenvalue weighted by Gasteiger charge is -2.40. The molecule has 0 aliphatic carbocycles. The lowest BCUT2D eigenvalue weighted by molar-refractivity contribution is 0.157. The Kier molecular flexibility index (Phi) is 1.80. The lowest BCUT2D eigenvalue weighted by Crippen LogP contribution is -2.51. The van der Waals surface area contributed by atoms with E-state index in [4.69, 9.17) is 0 Å². The highest BCUT2D eigenvalue weighted by atomic mass is 15.0. The summed E-state index contributed by atoms with van der Waals surface area (Å²) in [7, 11) is 0. The molecule has 54 valence electrons. The molecule has 0 atom stereocenters. The Bertz CT molecular complexity index is 92.7. The van der Waals surface area contributed by atoms with Gasteiger partial charge in [-0.1, -0.05) is 20.8 Å². The molecule has 1 rings (SSSR count). The molecule has 1 nitrogen and oxygen atoms in total. The molecule has 1 fully saturated rings. The van der Waals surface area contributed by atoms with E-state index < -0.39 is 0 Å². The second kappa shape index (κ2) is 2.30. The minimum atomic E-state index is 0.633. The topological polar surface area (TPSA) is 12.0 Å². The Morgan fingerprint density at radius 1 is 1.44 bits per heavy atom. The molecule has 1 aliphatic rings. The molecule has 0 aromatic rings. The van der Waals surface area contributed by atoms with Crippen LogP contribution in [-0.4, -0.2) is 13.1 Å². The van der Waals surface area contributed by atoms with Gasteiger partial charge >= 0.3 is 0 Å². The third-order valence-corrected chi connectivity index (χ3v) is 2.00. The zero-order chi connectivity index (χ0) is 6.91. The van der Waals surface area contributed by atoms with Gasteiger partial charge < -0.3 is 5.32 Å². The Labute approximate surface area is 57.8 Å². The Morgan fingerprint density at radius 3 is 2.11 bits per heavy atom.